The molecule has 92 valence electrons. The van der Waals surface area contributed by atoms with Crippen molar-refractivity contribution in [2.75, 3.05) is 0 Å². The predicted molar refractivity (Wildman–Crippen MR) is 72.0 cm³/mol. The first-order chi connectivity index (χ1) is 8.35. The highest BCUT2D eigenvalue weighted by molar-refractivity contribution is 7.08. The lowest BCUT2D eigenvalue weighted by Gasteiger charge is -2.54. The van der Waals surface area contributed by atoms with Crippen LogP contribution in [0, 0.1) is 23.7 Å². The second-order valence-electron chi connectivity index (χ2n) is 6.51. The highest BCUT2D eigenvalue weighted by Gasteiger charge is 2.48. The summed E-state index contributed by atoms with van der Waals surface area (Å²) in [5, 5.41) is 4.68. The van der Waals surface area contributed by atoms with Gasteiger partial charge in [-0.2, -0.15) is 11.3 Å². The van der Waals surface area contributed by atoms with E-state index in [1.165, 1.54) is 31.2 Å². The Morgan fingerprint density at radius 1 is 1.00 bits per heavy atom. The van der Waals surface area contributed by atoms with E-state index in [-0.39, 0.29) is 0 Å². The highest BCUT2D eigenvalue weighted by atomic mass is 32.1. The molecule has 4 aliphatic rings. The third-order valence-electron chi connectivity index (χ3n) is 5.58. The molecule has 4 aliphatic carbocycles. The van der Waals surface area contributed by atoms with E-state index < -0.39 is 0 Å². The van der Waals surface area contributed by atoms with Crippen LogP contribution < -0.4 is 5.73 Å². The molecule has 1 nitrogen and oxygen atoms in total. The summed E-state index contributed by atoms with van der Waals surface area (Å²) >= 11 is 1.86. The highest BCUT2D eigenvalue weighted by Crippen LogP contribution is 2.60. The standard InChI is InChI=1S/C15H21NS/c16-6-13-7-17-8-14(13)15-11-2-9-1-10(4-11)5-12(15)3-9/h7-12,15H,1-6,16H2. The number of hydrogen-bond acceptors (Lipinski definition) is 2. The summed E-state index contributed by atoms with van der Waals surface area (Å²) < 4.78 is 0. The fourth-order valence-corrected chi connectivity index (χ4v) is 6.14. The van der Waals surface area contributed by atoms with Gasteiger partial charge in [0.25, 0.3) is 0 Å². The molecule has 2 heteroatoms. The van der Waals surface area contributed by atoms with E-state index in [9.17, 15) is 0 Å². The summed E-state index contributed by atoms with van der Waals surface area (Å²) in [6.45, 7) is 0.738. The molecule has 17 heavy (non-hydrogen) atoms. The second-order valence-corrected chi connectivity index (χ2v) is 7.26. The van der Waals surface area contributed by atoms with Gasteiger partial charge in [-0.3, -0.25) is 0 Å². The van der Waals surface area contributed by atoms with Crippen molar-refractivity contribution in [2.45, 2.75) is 44.6 Å². The molecule has 0 saturated heterocycles. The Morgan fingerprint density at radius 2 is 1.65 bits per heavy atom. The lowest BCUT2D eigenvalue weighted by molar-refractivity contribution is -0.00290. The fraction of sp³-hybridized carbons (Fsp3) is 0.733. The van der Waals surface area contributed by atoms with Gasteiger partial charge in [0.2, 0.25) is 0 Å². The minimum absolute atomic E-state index is 0.738. The molecule has 1 heterocycles. The van der Waals surface area contributed by atoms with Crippen molar-refractivity contribution in [2.24, 2.45) is 29.4 Å². The summed E-state index contributed by atoms with van der Waals surface area (Å²) in [5.41, 5.74) is 8.96. The first-order valence-corrected chi connectivity index (χ1v) is 8.04. The maximum Gasteiger partial charge on any atom is 0.0189 e. The Labute approximate surface area is 107 Å². The Kier molecular flexibility index (Phi) is 2.38. The summed E-state index contributed by atoms with van der Waals surface area (Å²) in [6.07, 6.45) is 7.59. The lowest BCUT2D eigenvalue weighted by atomic mass is 9.50. The van der Waals surface area contributed by atoms with Gasteiger partial charge in [0.05, 0.1) is 0 Å². The first kappa shape index (κ1) is 10.6. The molecule has 1 aromatic heterocycles. The van der Waals surface area contributed by atoms with E-state index >= 15 is 0 Å². The Morgan fingerprint density at radius 3 is 2.24 bits per heavy atom. The van der Waals surface area contributed by atoms with Gasteiger partial charge in [-0.05, 0) is 83.6 Å². The van der Waals surface area contributed by atoms with Crippen LogP contribution in [0.5, 0.6) is 0 Å². The van der Waals surface area contributed by atoms with Gasteiger partial charge in [0, 0.05) is 6.54 Å². The molecular formula is C15H21NS. The van der Waals surface area contributed by atoms with E-state index in [1.807, 2.05) is 11.3 Å². The molecule has 4 saturated carbocycles. The number of hydrogen-bond donors (Lipinski definition) is 1. The van der Waals surface area contributed by atoms with E-state index in [0.717, 1.165) is 36.1 Å². The van der Waals surface area contributed by atoms with Gasteiger partial charge >= 0.3 is 0 Å². The van der Waals surface area contributed by atoms with Crippen molar-refractivity contribution >= 4 is 11.3 Å². The molecule has 4 bridgehead atoms. The molecule has 0 amide bonds. The van der Waals surface area contributed by atoms with E-state index in [2.05, 4.69) is 10.8 Å². The molecule has 4 fully saturated rings. The van der Waals surface area contributed by atoms with Gasteiger partial charge in [0.1, 0.15) is 0 Å². The van der Waals surface area contributed by atoms with Crippen LogP contribution in [0.15, 0.2) is 10.8 Å². The fourth-order valence-electron chi connectivity index (χ4n) is 5.22. The quantitative estimate of drug-likeness (QED) is 0.846. The van der Waals surface area contributed by atoms with Crippen molar-refractivity contribution < 1.29 is 0 Å². The molecule has 5 rings (SSSR count). The molecule has 0 unspecified atom stereocenters. The molecule has 0 atom stereocenters. The first-order valence-electron chi connectivity index (χ1n) is 7.10. The molecule has 0 spiro atoms. The van der Waals surface area contributed by atoms with Gasteiger partial charge in [-0.1, -0.05) is 0 Å². The SMILES string of the molecule is NCc1cscc1C1C2CC3CC(C2)CC1C3. The molecular weight excluding hydrogens is 226 g/mol. The zero-order valence-electron chi connectivity index (χ0n) is 10.3. The normalized spacial score (nSPS) is 43.2. The van der Waals surface area contributed by atoms with Gasteiger partial charge in [-0.15, -0.1) is 0 Å². The average Bonchev–Trinajstić information content (AvgIpc) is 2.75. The van der Waals surface area contributed by atoms with Gasteiger partial charge in [-0.25, -0.2) is 0 Å². The monoisotopic (exact) mass is 247 g/mol. The minimum atomic E-state index is 0.738. The maximum absolute atomic E-state index is 5.89. The van der Waals surface area contributed by atoms with Crippen molar-refractivity contribution in [3.8, 4) is 0 Å². The second kappa shape index (κ2) is 3.83. The summed E-state index contributed by atoms with van der Waals surface area (Å²) in [7, 11) is 0. The van der Waals surface area contributed by atoms with E-state index in [1.54, 1.807) is 12.0 Å². The smallest absolute Gasteiger partial charge is 0.0189 e. The van der Waals surface area contributed by atoms with E-state index in [4.69, 9.17) is 5.73 Å². The summed E-state index contributed by atoms with van der Waals surface area (Å²) in [4.78, 5) is 0. The summed E-state index contributed by atoms with van der Waals surface area (Å²) in [5.74, 6) is 5.01. The Balaban J connectivity index is 1.70. The van der Waals surface area contributed by atoms with Crippen LogP contribution in [-0.2, 0) is 6.54 Å². The zero-order valence-corrected chi connectivity index (χ0v) is 11.1. The molecule has 2 N–H and O–H groups in total. The van der Waals surface area contributed by atoms with Gasteiger partial charge in [0.15, 0.2) is 0 Å². The topological polar surface area (TPSA) is 26.0 Å². The van der Waals surface area contributed by atoms with Crippen LogP contribution in [0.2, 0.25) is 0 Å². The predicted octanol–water partition coefficient (Wildman–Crippen LogP) is 3.75. The molecule has 0 aliphatic heterocycles. The molecule has 0 aromatic carbocycles. The van der Waals surface area contributed by atoms with E-state index in [0.29, 0.717) is 0 Å². The van der Waals surface area contributed by atoms with Crippen molar-refractivity contribution in [1.29, 1.82) is 0 Å². The van der Waals surface area contributed by atoms with Crippen molar-refractivity contribution in [1.82, 2.24) is 0 Å². The Bertz CT molecular complexity index is 394. The van der Waals surface area contributed by atoms with Crippen LogP contribution in [0.1, 0.15) is 49.1 Å². The summed E-state index contributed by atoms with van der Waals surface area (Å²) in [6, 6.07) is 0. The van der Waals surface area contributed by atoms with Gasteiger partial charge < -0.3 is 5.73 Å². The number of rotatable bonds is 2. The maximum atomic E-state index is 5.89. The zero-order chi connectivity index (χ0) is 11.4. The lowest BCUT2D eigenvalue weighted by Crippen LogP contribution is -2.43. The Hall–Kier alpha value is -0.340. The van der Waals surface area contributed by atoms with Crippen LogP contribution in [0.3, 0.4) is 0 Å². The van der Waals surface area contributed by atoms with Crippen LogP contribution in [-0.4, -0.2) is 0 Å². The van der Waals surface area contributed by atoms with Crippen LogP contribution >= 0.6 is 11.3 Å². The third-order valence-corrected chi connectivity index (χ3v) is 6.39. The van der Waals surface area contributed by atoms with Crippen LogP contribution in [0.4, 0.5) is 0 Å². The molecule has 1 aromatic rings. The van der Waals surface area contributed by atoms with Crippen molar-refractivity contribution in [3.05, 3.63) is 21.9 Å². The molecule has 0 radical (unpaired) electrons. The average molecular weight is 247 g/mol. The third kappa shape index (κ3) is 1.53. The minimum Gasteiger partial charge on any atom is -0.326 e. The number of thiophene rings is 1. The number of nitrogens with two attached hydrogens (primary N) is 1. The van der Waals surface area contributed by atoms with Crippen molar-refractivity contribution in [3.63, 3.8) is 0 Å². The largest absolute Gasteiger partial charge is 0.326 e. The van der Waals surface area contributed by atoms with Crippen LogP contribution in [0.25, 0.3) is 0 Å².